The van der Waals surface area contributed by atoms with Gasteiger partial charge in [-0.15, -0.1) is 0 Å². The van der Waals surface area contributed by atoms with E-state index in [2.05, 4.69) is 5.32 Å². The summed E-state index contributed by atoms with van der Waals surface area (Å²) in [4.78, 5) is 47.3. The van der Waals surface area contributed by atoms with E-state index in [-0.39, 0.29) is 24.7 Å². The molecule has 0 fully saturated rings. The van der Waals surface area contributed by atoms with Gasteiger partial charge in [-0.05, 0) is 31.9 Å². The van der Waals surface area contributed by atoms with Crippen molar-refractivity contribution in [1.29, 1.82) is 0 Å². The predicted octanol–water partition coefficient (Wildman–Crippen LogP) is 0.797. The van der Waals surface area contributed by atoms with Gasteiger partial charge in [-0.2, -0.15) is 0 Å². The number of nitrogens with zero attached hydrogens (tertiary/aromatic N) is 1. The highest BCUT2D eigenvalue weighted by Gasteiger charge is 2.25. The molecule has 0 radical (unpaired) electrons. The Labute approximate surface area is 147 Å². The van der Waals surface area contributed by atoms with Gasteiger partial charge >= 0.3 is 5.97 Å². The molecular formula is C18H24N2O5. The molecule has 1 rings (SSSR count). The second-order valence-electron chi connectivity index (χ2n) is 5.85. The van der Waals surface area contributed by atoms with Crippen molar-refractivity contribution < 1.29 is 24.3 Å². The minimum Gasteiger partial charge on any atom is -0.481 e. The number of carbonyl (C=O) groups excluding carboxylic acids is 3. The highest BCUT2D eigenvalue weighted by molar-refractivity contribution is 5.89. The molecule has 2 amide bonds. The van der Waals surface area contributed by atoms with E-state index in [4.69, 9.17) is 5.11 Å². The average molecular weight is 348 g/mol. The van der Waals surface area contributed by atoms with E-state index in [1.54, 1.807) is 45.0 Å². The van der Waals surface area contributed by atoms with Crippen LogP contribution < -0.4 is 5.32 Å². The number of hydrogen-bond donors (Lipinski definition) is 2. The molecule has 0 aliphatic rings. The van der Waals surface area contributed by atoms with Crippen LogP contribution in [-0.4, -0.2) is 52.7 Å². The number of hydrogen-bond acceptors (Lipinski definition) is 4. The number of carboxylic acids is 1. The van der Waals surface area contributed by atoms with Gasteiger partial charge in [-0.25, -0.2) is 0 Å². The average Bonchev–Trinajstić information content (AvgIpc) is 2.56. The quantitative estimate of drug-likeness (QED) is 0.642. The number of likely N-dealkylation sites (N-methyl/N-ethyl adjacent to an activating group) is 1. The van der Waals surface area contributed by atoms with E-state index in [1.807, 2.05) is 0 Å². The van der Waals surface area contributed by atoms with Crippen molar-refractivity contribution in [3.05, 3.63) is 35.4 Å². The van der Waals surface area contributed by atoms with Crippen molar-refractivity contribution >= 4 is 24.1 Å². The number of aldehydes is 1. The fraction of sp³-hybridized carbons (Fsp3) is 0.444. The van der Waals surface area contributed by atoms with Crippen LogP contribution in [0.3, 0.4) is 0 Å². The monoisotopic (exact) mass is 348 g/mol. The first-order valence-electron chi connectivity index (χ1n) is 8.13. The van der Waals surface area contributed by atoms with Crippen LogP contribution in [0.2, 0.25) is 0 Å². The summed E-state index contributed by atoms with van der Waals surface area (Å²) in [5, 5.41) is 11.3. The molecule has 136 valence electrons. The highest BCUT2D eigenvalue weighted by Crippen LogP contribution is 2.10. The lowest BCUT2D eigenvalue weighted by Gasteiger charge is -2.28. The van der Waals surface area contributed by atoms with Gasteiger partial charge in [0.15, 0.2) is 0 Å². The molecule has 7 heteroatoms. The third kappa shape index (κ3) is 6.37. The van der Waals surface area contributed by atoms with Crippen LogP contribution in [0.4, 0.5) is 0 Å². The van der Waals surface area contributed by atoms with Crippen molar-refractivity contribution in [1.82, 2.24) is 10.2 Å². The molecule has 1 aromatic rings. The Balaban J connectivity index is 2.73. The Morgan fingerprint density at radius 3 is 2.08 bits per heavy atom. The molecule has 1 aromatic carbocycles. The van der Waals surface area contributed by atoms with E-state index in [0.717, 1.165) is 5.56 Å². The van der Waals surface area contributed by atoms with E-state index in [0.29, 0.717) is 18.4 Å². The second kappa shape index (κ2) is 9.56. The summed E-state index contributed by atoms with van der Waals surface area (Å²) in [7, 11) is 0. The number of rotatable bonds is 9. The summed E-state index contributed by atoms with van der Waals surface area (Å²) in [5.74, 6) is -1.51. The summed E-state index contributed by atoms with van der Waals surface area (Å²) in [6.45, 7) is 5.32. The van der Waals surface area contributed by atoms with E-state index in [1.165, 1.54) is 4.90 Å². The molecular weight excluding hydrogens is 324 g/mol. The maximum atomic E-state index is 12.5. The Morgan fingerprint density at radius 2 is 1.64 bits per heavy atom. The van der Waals surface area contributed by atoms with Gasteiger partial charge in [-0.3, -0.25) is 14.4 Å². The van der Waals surface area contributed by atoms with Crippen LogP contribution in [0.15, 0.2) is 24.3 Å². The summed E-state index contributed by atoms with van der Waals surface area (Å²) < 4.78 is 0. The van der Waals surface area contributed by atoms with Crippen LogP contribution in [-0.2, 0) is 32.0 Å². The lowest BCUT2D eigenvalue weighted by molar-refractivity contribution is -0.139. The fourth-order valence-corrected chi connectivity index (χ4v) is 2.41. The van der Waals surface area contributed by atoms with E-state index < -0.39 is 18.1 Å². The lowest BCUT2D eigenvalue weighted by atomic mass is 10.1. The van der Waals surface area contributed by atoms with Crippen LogP contribution in [0, 0.1) is 0 Å². The largest absolute Gasteiger partial charge is 0.481 e. The number of aliphatic carboxylic acids is 1. The molecule has 0 saturated carbocycles. The molecule has 0 aliphatic heterocycles. The predicted molar refractivity (Wildman–Crippen MR) is 92.0 cm³/mol. The van der Waals surface area contributed by atoms with Crippen LogP contribution in [0.25, 0.3) is 0 Å². The fourth-order valence-electron chi connectivity index (χ4n) is 2.41. The molecule has 2 N–H and O–H groups in total. The van der Waals surface area contributed by atoms with Crippen molar-refractivity contribution in [3.63, 3.8) is 0 Å². The molecule has 25 heavy (non-hydrogen) atoms. The maximum absolute atomic E-state index is 12.5. The third-order valence-corrected chi connectivity index (χ3v) is 3.82. The van der Waals surface area contributed by atoms with Crippen LogP contribution in [0.1, 0.15) is 31.9 Å². The van der Waals surface area contributed by atoms with Crippen LogP contribution in [0.5, 0.6) is 0 Å². The minimum absolute atomic E-state index is 0.0680. The summed E-state index contributed by atoms with van der Waals surface area (Å²) in [6.07, 6.45) is 0.672. The first kappa shape index (κ1) is 20.3. The molecule has 0 bridgehead atoms. The Kier molecular flexibility index (Phi) is 7.78. The van der Waals surface area contributed by atoms with Gasteiger partial charge in [0.2, 0.25) is 11.8 Å². The molecule has 7 nitrogen and oxygen atoms in total. The van der Waals surface area contributed by atoms with Gasteiger partial charge in [0, 0.05) is 6.54 Å². The van der Waals surface area contributed by atoms with Crippen molar-refractivity contribution in [2.45, 2.75) is 45.7 Å². The third-order valence-electron chi connectivity index (χ3n) is 3.82. The van der Waals surface area contributed by atoms with Gasteiger partial charge < -0.3 is 20.1 Å². The SMILES string of the molecule is CCN(C(=O)Cc1ccc(CC(=O)O)cc1)C(C)C(=O)NC(C)C=O. The zero-order chi connectivity index (χ0) is 19.0. The lowest BCUT2D eigenvalue weighted by Crippen LogP contribution is -2.50. The first-order chi connectivity index (χ1) is 11.8. The smallest absolute Gasteiger partial charge is 0.307 e. The number of nitrogens with one attached hydrogen (secondary N) is 1. The molecule has 0 aliphatic carbocycles. The molecule has 0 heterocycles. The van der Waals surface area contributed by atoms with Gasteiger partial charge in [-0.1, -0.05) is 24.3 Å². The zero-order valence-electron chi connectivity index (χ0n) is 14.7. The maximum Gasteiger partial charge on any atom is 0.307 e. The molecule has 2 atom stereocenters. The zero-order valence-corrected chi connectivity index (χ0v) is 14.7. The van der Waals surface area contributed by atoms with Gasteiger partial charge in [0.05, 0.1) is 18.9 Å². The Morgan fingerprint density at radius 1 is 1.12 bits per heavy atom. The van der Waals surface area contributed by atoms with E-state index in [9.17, 15) is 19.2 Å². The molecule has 0 spiro atoms. The summed E-state index contributed by atoms with van der Waals surface area (Å²) >= 11 is 0. The Bertz CT molecular complexity index is 627. The molecule has 0 aromatic heterocycles. The number of amides is 2. The topological polar surface area (TPSA) is 104 Å². The standard InChI is InChI=1S/C18H24N2O5/c1-4-20(13(3)18(25)19-12(2)11-21)16(22)9-14-5-7-15(8-6-14)10-17(23)24/h5-8,11-13H,4,9-10H2,1-3H3,(H,19,25)(H,23,24). The number of carbonyl (C=O) groups is 4. The second-order valence-corrected chi connectivity index (χ2v) is 5.85. The van der Waals surface area contributed by atoms with Gasteiger partial charge in [0.1, 0.15) is 12.3 Å². The van der Waals surface area contributed by atoms with Crippen molar-refractivity contribution in [2.75, 3.05) is 6.54 Å². The molecule has 0 saturated heterocycles. The van der Waals surface area contributed by atoms with Gasteiger partial charge in [0.25, 0.3) is 0 Å². The number of benzene rings is 1. The van der Waals surface area contributed by atoms with Crippen LogP contribution >= 0.6 is 0 Å². The van der Waals surface area contributed by atoms with E-state index >= 15 is 0 Å². The van der Waals surface area contributed by atoms with Crippen molar-refractivity contribution in [2.24, 2.45) is 0 Å². The normalized spacial score (nSPS) is 12.8. The summed E-state index contributed by atoms with van der Waals surface area (Å²) in [6, 6.07) is 5.48. The first-order valence-corrected chi connectivity index (χ1v) is 8.13. The highest BCUT2D eigenvalue weighted by atomic mass is 16.4. The molecule has 2 unspecified atom stereocenters. The Hall–Kier alpha value is -2.70. The van der Waals surface area contributed by atoms with Crippen molar-refractivity contribution in [3.8, 4) is 0 Å². The summed E-state index contributed by atoms with van der Waals surface area (Å²) in [5.41, 5.74) is 1.40. The minimum atomic E-state index is -0.912. The number of carboxylic acid groups (broad SMARTS) is 1.